The third kappa shape index (κ3) is 3.85. The average molecular weight is 434 g/mol. The SMILES string of the molecule is CCc1ccc2c(c1)cc(CN(Cc1nnnn1C(C)(C)C)C1CCCC1)c1nnnn12. The number of nitrogens with zero attached hydrogens (tertiary/aromatic N) is 9. The Kier molecular flexibility index (Phi) is 5.36. The number of fused-ring (bicyclic) bond motifs is 3. The number of benzene rings is 1. The summed E-state index contributed by atoms with van der Waals surface area (Å²) in [5.41, 5.74) is 4.14. The lowest BCUT2D eigenvalue weighted by molar-refractivity contribution is 0.168. The van der Waals surface area contributed by atoms with Gasteiger partial charge in [0.1, 0.15) is 0 Å². The maximum absolute atomic E-state index is 4.38. The first kappa shape index (κ1) is 20.9. The Balaban J connectivity index is 1.55. The Morgan fingerprint density at radius 3 is 2.53 bits per heavy atom. The van der Waals surface area contributed by atoms with Crippen molar-refractivity contribution in [2.45, 2.75) is 84.5 Å². The number of tetrazole rings is 2. The van der Waals surface area contributed by atoms with Crippen LogP contribution in [0.15, 0.2) is 24.3 Å². The molecule has 0 radical (unpaired) electrons. The van der Waals surface area contributed by atoms with Crippen molar-refractivity contribution in [2.24, 2.45) is 0 Å². The first-order chi connectivity index (χ1) is 15.4. The van der Waals surface area contributed by atoms with Crippen molar-refractivity contribution in [3.63, 3.8) is 0 Å². The van der Waals surface area contributed by atoms with Gasteiger partial charge in [-0.05, 0) is 84.6 Å². The summed E-state index contributed by atoms with van der Waals surface area (Å²) >= 11 is 0. The fourth-order valence-electron chi connectivity index (χ4n) is 4.86. The lowest BCUT2D eigenvalue weighted by Gasteiger charge is -2.30. The van der Waals surface area contributed by atoms with Gasteiger partial charge in [-0.3, -0.25) is 4.90 Å². The molecule has 3 heterocycles. The second-order valence-corrected chi connectivity index (χ2v) is 9.85. The largest absolute Gasteiger partial charge is 0.288 e. The van der Waals surface area contributed by atoms with Crippen LogP contribution in [0.25, 0.3) is 16.6 Å². The smallest absolute Gasteiger partial charge is 0.184 e. The molecule has 1 fully saturated rings. The van der Waals surface area contributed by atoms with Gasteiger partial charge in [0.2, 0.25) is 0 Å². The molecular weight excluding hydrogens is 402 g/mol. The van der Waals surface area contributed by atoms with Crippen molar-refractivity contribution in [2.75, 3.05) is 0 Å². The second kappa shape index (κ2) is 8.20. The zero-order valence-corrected chi connectivity index (χ0v) is 19.4. The summed E-state index contributed by atoms with van der Waals surface area (Å²) < 4.78 is 3.81. The molecule has 1 aliphatic carbocycles. The van der Waals surface area contributed by atoms with Crippen molar-refractivity contribution < 1.29 is 0 Å². The second-order valence-electron chi connectivity index (χ2n) is 9.85. The molecule has 3 aromatic heterocycles. The summed E-state index contributed by atoms with van der Waals surface area (Å²) in [4.78, 5) is 2.51. The van der Waals surface area contributed by atoms with E-state index in [1.54, 1.807) is 0 Å². The first-order valence-corrected chi connectivity index (χ1v) is 11.6. The van der Waals surface area contributed by atoms with E-state index < -0.39 is 0 Å². The van der Waals surface area contributed by atoms with Crippen LogP contribution in [0.3, 0.4) is 0 Å². The van der Waals surface area contributed by atoms with Crippen LogP contribution < -0.4 is 0 Å². The lowest BCUT2D eigenvalue weighted by atomic mass is 10.1. The average Bonchev–Trinajstić information content (AvgIpc) is 3.53. The Morgan fingerprint density at radius 2 is 1.78 bits per heavy atom. The third-order valence-electron chi connectivity index (χ3n) is 6.54. The maximum atomic E-state index is 4.38. The minimum Gasteiger partial charge on any atom is -0.288 e. The van der Waals surface area contributed by atoms with Crippen LogP contribution in [0.1, 0.15) is 70.3 Å². The minimum atomic E-state index is -0.163. The number of hydrogen-bond donors (Lipinski definition) is 0. The number of aromatic nitrogens is 8. The molecule has 0 atom stereocenters. The molecule has 0 aliphatic heterocycles. The Hall–Kier alpha value is -2.94. The maximum Gasteiger partial charge on any atom is 0.184 e. The zero-order chi connectivity index (χ0) is 22.3. The van der Waals surface area contributed by atoms with Gasteiger partial charge in [0.15, 0.2) is 11.5 Å². The monoisotopic (exact) mass is 433 g/mol. The molecule has 1 saturated carbocycles. The van der Waals surface area contributed by atoms with E-state index in [9.17, 15) is 0 Å². The number of pyridine rings is 1. The molecule has 9 nitrogen and oxygen atoms in total. The minimum absolute atomic E-state index is 0.163. The highest BCUT2D eigenvalue weighted by atomic mass is 15.6. The van der Waals surface area contributed by atoms with Gasteiger partial charge in [0, 0.05) is 23.5 Å². The van der Waals surface area contributed by atoms with Gasteiger partial charge in [-0.15, -0.1) is 10.2 Å². The van der Waals surface area contributed by atoms with E-state index in [0.717, 1.165) is 35.5 Å². The summed E-state index contributed by atoms with van der Waals surface area (Å²) in [6, 6.07) is 9.29. The highest BCUT2D eigenvalue weighted by Gasteiger charge is 2.28. The van der Waals surface area contributed by atoms with Crippen molar-refractivity contribution in [1.29, 1.82) is 0 Å². The number of rotatable bonds is 6. The van der Waals surface area contributed by atoms with Crippen LogP contribution in [0.5, 0.6) is 0 Å². The van der Waals surface area contributed by atoms with E-state index in [4.69, 9.17) is 0 Å². The van der Waals surface area contributed by atoms with E-state index in [0.29, 0.717) is 12.6 Å². The zero-order valence-electron chi connectivity index (χ0n) is 19.4. The lowest BCUT2D eigenvalue weighted by Crippen LogP contribution is -2.35. The van der Waals surface area contributed by atoms with E-state index in [2.05, 4.69) is 87.9 Å². The highest BCUT2D eigenvalue weighted by molar-refractivity contribution is 5.83. The molecule has 0 bridgehead atoms. The molecule has 1 aliphatic rings. The molecule has 0 saturated heterocycles. The molecule has 168 valence electrons. The van der Waals surface area contributed by atoms with Gasteiger partial charge in [0.25, 0.3) is 0 Å². The van der Waals surface area contributed by atoms with Gasteiger partial charge in [-0.25, -0.2) is 4.68 Å². The molecule has 0 amide bonds. The molecule has 5 rings (SSSR count). The normalized spacial score (nSPS) is 15.5. The van der Waals surface area contributed by atoms with Crippen LogP contribution >= 0.6 is 0 Å². The molecule has 0 unspecified atom stereocenters. The van der Waals surface area contributed by atoms with Crippen molar-refractivity contribution in [3.8, 4) is 0 Å². The summed E-state index contributed by atoms with van der Waals surface area (Å²) in [5.74, 6) is 0.897. The highest BCUT2D eigenvalue weighted by Crippen LogP contribution is 2.29. The van der Waals surface area contributed by atoms with Crippen LogP contribution in [0.4, 0.5) is 0 Å². The van der Waals surface area contributed by atoms with Crippen LogP contribution in [-0.4, -0.2) is 51.2 Å². The molecule has 1 aromatic carbocycles. The van der Waals surface area contributed by atoms with Crippen molar-refractivity contribution in [1.82, 2.24) is 45.1 Å². The Morgan fingerprint density at radius 1 is 1.00 bits per heavy atom. The summed E-state index contributed by atoms with van der Waals surface area (Å²) in [6.45, 7) is 10.0. The van der Waals surface area contributed by atoms with Gasteiger partial charge in [0.05, 0.1) is 17.6 Å². The molecular formula is C23H31N9. The third-order valence-corrected chi connectivity index (χ3v) is 6.54. The topological polar surface area (TPSA) is 89.9 Å². The van der Waals surface area contributed by atoms with E-state index >= 15 is 0 Å². The Bertz CT molecular complexity index is 1230. The predicted molar refractivity (Wildman–Crippen MR) is 122 cm³/mol. The van der Waals surface area contributed by atoms with E-state index in [-0.39, 0.29) is 5.54 Å². The number of aryl methyl sites for hydroxylation is 1. The van der Waals surface area contributed by atoms with E-state index in [1.807, 2.05) is 9.20 Å². The fraction of sp³-hybridized carbons (Fsp3) is 0.565. The fourth-order valence-corrected chi connectivity index (χ4v) is 4.86. The van der Waals surface area contributed by atoms with Gasteiger partial charge in [-0.2, -0.15) is 4.52 Å². The standard InChI is InChI=1S/C23H31N9/c1-5-16-10-11-20-17(12-16)13-18(22-25-27-28-31(20)22)14-30(19-8-6-7-9-19)15-21-24-26-29-32(21)23(2,3)4/h10-13,19H,5-9,14-15H2,1-4H3. The van der Waals surface area contributed by atoms with Gasteiger partial charge >= 0.3 is 0 Å². The van der Waals surface area contributed by atoms with Crippen LogP contribution in [-0.2, 0) is 25.0 Å². The molecule has 32 heavy (non-hydrogen) atoms. The Labute approximate surface area is 187 Å². The quantitative estimate of drug-likeness (QED) is 0.459. The summed E-state index contributed by atoms with van der Waals surface area (Å²) in [5, 5.41) is 26.4. The van der Waals surface area contributed by atoms with Crippen LogP contribution in [0, 0.1) is 0 Å². The predicted octanol–water partition coefficient (Wildman–Crippen LogP) is 3.53. The first-order valence-electron chi connectivity index (χ1n) is 11.6. The summed E-state index contributed by atoms with van der Waals surface area (Å²) in [7, 11) is 0. The number of hydrogen-bond acceptors (Lipinski definition) is 7. The molecule has 4 aromatic rings. The van der Waals surface area contributed by atoms with Crippen molar-refractivity contribution in [3.05, 3.63) is 41.2 Å². The van der Waals surface area contributed by atoms with Crippen LogP contribution in [0.2, 0.25) is 0 Å². The van der Waals surface area contributed by atoms with E-state index in [1.165, 1.54) is 36.6 Å². The summed E-state index contributed by atoms with van der Waals surface area (Å²) in [6.07, 6.45) is 5.94. The molecule has 9 heteroatoms. The molecule has 0 N–H and O–H groups in total. The van der Waals surface area contributed by atoms with Crippen molar-refractivity contribution >= 4 is 16.6 Å². The molecule has 0 spiro atoms. The van der Waals surface area contributed by atoms with Gasteiger partial charge < -0.3 is 0 Å². The van der Waals surface area contributed by atoms with Gasteiger partial charge in [-0.1, -0.05) is 25.8 Å².